The highest BCUT2D eigenvalue weighted by Gasteiger charge is 2.10. The normalized spacial score (nSPS) is 10.7. The second-order valence-electron chi connectivity index (χ2n) is 5.21. The number of halogens is 3. The number of ether oxygens (including phenoxy) is 1. The predicted octanol–water partition coefficient (Wildman–Crippen LogP) is 3.68. The number of amides is 1. The van der Waals surface area contributed by atoms with Crippen LogP contribution in [-0.4, -0.2) is 37.6 Å². The molecule has 0 heterocycles. The summed E-state index contributed by atoms with van der Waals surface area (Å²) in [6.07, 6.45) is 0. The molecule has 2 aromatic carbocycles. The number of carbonyl (C=O) groups is 1. The Bertz CT molecular complexity index is 695. The molecule has 2 rings (SSSR count). The van der Waals surface area contributed by atoms with Crippen molar-refractivity contribution in [2.24, 2.45) is 0 Å². The smallest absolute Gasteiger partial charge is 0.238 e. The Balaban J connectivity index is 1.75. The van der Waals surface area contributed by atoms with Crippen LogP contribution in [0.2, 0.25) is 0 Å². The Hall–Kier alpha value is -1.99. The summed E-state index contributed by atoms with van der Waals surface area (Å²) >= 11 is 3.34. The molecule has 0 saturated carbocycles. The molecule has 7 heteroatoms. The minimum absolute atomic E-state index is 0.0413. The molecule has 2 aromatic rings. The highest BCUT2D eigenvalue weighted by atomic mass is 79.9. The van der Waals surface area contributed by atoms with Crippen LogP contribution in [0.5, 0.6) is 5.75 Å². The van der Waals surface area contributed by atoms with Gasteiger partial charge in [-0.15, -0.1) is 0 Å². The van der Waals surface area contributed by atoms with E-state index in [0.717, 1.165) is 28.4 Å². The first kappa shape index (κ1) is 18.4. The first-order valence-electron chi connectivity index (χ1n) is 7.26. The second kappa shape index (κ2) is 8.75. The third-order valence-corrected chi connectivity index (χ3v) is 3.70. The van der Waals surface area contributed by atoms with Gasteiger partial charge in [-0.3, -0.25) is 9.69 Å². The van der Waals surface area contributed by atoms with Gasteiger partial charge in [0.1, 0.15) is 24.0 Å². The lowest BCUT2D eigenvalue weighted by molar-refractivity contribution is -0.117. The lowest BCUT2D eigenvalue weighted by Crippen LogP contribution is -2.33. The molecule has 24 heavy (non-hydrogen) atoms. The summed E-state index contributed by atoms with van der Waals surface area (Å²) in [5, 5.41) is 2.35. The summed E-state index contributed by atoms with van der Waals surface area (Å²) in [5.41, 5.74) is -0.167. The zero-order chi connectivity index (χ0) is 17.5. The van der Waals surface area contributed by atoms with Gasteiger partial charge in [0.25, 0.3) is 0 Å². The van der Waals surface area contributed by atoms with E-state index in [0.29, 0.717) is 13.2 Å². The molecule has 0 aliphatic carbocycles. The van der Waals surface area contributed by atoms with Crippen LogP contribution in [0.1, 0.15) is 0 Å². The van der Waals surface area contributed by atoms with E-state index in [1.165, 1.54) is 0 Å². The van der Waals surface area contributed by atoms with Gasteiger partial charge >= 0.3 is 0 Å². The van der Waals surface area contributed by atoms with Crippen LogP contribution in [0.3, 0.4) is 0 Å². The van der Waals surface area contributed by atoms with Crippen molar-refractivity contribution in [3.63, 3.8) is 0 Å². The number of benzene rings is 2. The summed E-state index contributed by atoms with van der Waals surface area (Å²) in [4.78, 5) is 13.6. The van der Waals surface area contributed by atoms with Crippen molar-refractivity contribution in [2.45, 2.75) is 0 Å². The average Bonchev–Trinajstić information content (AvgIpc) is 2.53. The van der Waals surface area contributed by atoms with Crippen LogP contribution >= 0.6 is 15.9 Å². The molecule has 4 nitrogen and oxygen atoms in total. The molecule has 1 amide bonds. The highest BCUT2D eigenvalue weighted by Crippen LogP contribution is 2.16. The van der Waals surface area contributed by atoms with E-state index >= 15 is 0 Å². The predicted molar refractivity (Wildman–Crippen MR) is 92.1 cm³/mol. The fourth-order valence-corrected chi connectivity index (χ4v) is 2.22. The van der Waals surface area contributed by atoms with E-state index in [9.17, 15) is 13.6 Å². The molecule has 1 N–H and O–H groups in total. The number of nitrogens with zero attached hydrogens (tertiary/aromatic N) is 1. The van der Waals surface area contributed by atoms with Gasteiger partial charge in [0, 0.05) is 17.1 Å². The van der Waals surface area contributed by atoms with E-state index in [2.05, 4.69) is 21.2 Å². The van der Waals surface area contributed by atoms with Gasteiger partial charge < -0.3 is 10.1 Å². The number of rotatable bonds is 7. The van der Waals surface area contributed by atoms with Crippen molar-refractivity contribution < 1.29 is 18.3 Å². The van der Waals surface area contributed by atoms with E-state index in [1.54, 1.807) is 11.9 Å². The molecule has 0 aliphatic heterocycles. The maximum absolute atomic E-state index is 13.5. The Labute approximate surface area is 147 Å². The first-order valence-corrected chi connectivity index (χ1v) is 8.05. The van der Waals surface area contributed by atoms with Crippen molar-refractivity contribution in [3.8, 4) is 5.75 Å². The van der Waals surface area contributed by atoms with Crippen LogP contribution in [-0.2, 0) is 4.79 Å². The third kappa shape index (κ3) is 5.90. The highest BCUT2D eigenvalue weighted by molar-refractivity contribution is 9.10. The summed E-state index contributed by atoms with van der Waals surface area (Å²) in [6, 6.07) is 10.3. The average molecular weight is 399 g/mol. The van der Waals surface area contributed by atoms with Crippen molar-refractivity contribution >= 4 is 27.5 Å². The topological polar surface area (TPSA) is 41.6 Å². The van der Waals surface area contributed by atoms with Crippen LogP contribution in [0.4, 0.5) is 14.5 Å². The van der Waals surface area contributed by atoms with Crippen molar-refractivity contribution in [3.05, 3.63) is 58.6 Å². The second-order valence-corrected chi connectivity index (χ2v) is 6.13. The van der Waals surface area contributed by atoms with Crippen LogP contribution in [0, 0.1) is 11.6 Å². The number of hydrogen-bond donors (Lipinski definition) is 1. The van der Waals surface area contributed by atoms with Crippen molar-refractivity contribution in [2.75, 3.05) is 32.1 Å². The lowest BCUT2D eigenvalue weighted by atomic mass is 10.3. The number of carbonyl (C=O) groups excluding carboxylic acids is 1. The molecule has 0 radical (unpaired) electrons. The molecule has 0 aliphatic rings. The van der Waals surface area contributed by atoms with Gasteiger partial charge in [-0.1, -0.05) is 15.9 Å². The molecule has 0 spiro atoms. The van der Waals surface area contributed by atoms with Crippen LogP contribution < -0.4 is 10.1 Å². The summed E-state index contributed by atoms with van der Waals surface area (Å²) in [5.74, 6) is -0.975. The van der Waals surface area contributed by atoms with Crippen molar-refractivity contribution in [1.29, 1.82) is 0 Å². The largest absolute Gasteiger partial charge is 0.492 e. The monoisotopic (exact) mass is 398 g/mol. The number of hydrogen-bond acceptors (Lipinski definition) is 3. The molecule has 128 valence electrons. The zero-order valence-corrected chi connectivity index (χ0v) is 14.6. The van der Waals surface area contributed by atoms with Gasteiger partial charge in [0.15, 0.2) is 0 Å². The molecular weight excluding hydrogens is 382 g/mol. The molecular formula is C17H17BrF2N2O2. The Morgan fingerprint density at radius 2 is 1.92 bits per heavy atom. The summed E-state index contributed by atoms with van der Waals surface area (Å²) in [7, 11) is 1.74. The first-order chi connectivity index (χ1) is 11.4. The SMILES string of the molecule is CN(CCOc1ccc(Br)cc1)CC(=O)Nc1cc(F)ccc1F. The zero-order valence-electron chi connectivity index (χ0n) is 13.1. The van der Waals surface area contributed by atoms with Gasteiger partial charge in [0.2, 0.25) is 5.91 Å². The molecule has 0 bridgehead atoms. The number of nitrogens with one attached hydrogen (secondary N) is 1. The third-order valence-electron chi connectivity index (χ3n) is 3.17. The number of likely N-dealkylation sites (N-methyl/N-ethyl adjacent to an activating group) is 1. The van der Waals surface area contributed by atoms with E-state index in [1.807, 2.05) is 24.3 Å². The minimum Gasteiger partial charge on any atom is -0.492 e. The van der Waals surface area contributed by atoms with Crippen LogP contribution in [0.15, 0.2) is 46.9 Å². The summed E-state index contributed by atoms with van der Waals surface area (Å²) in [6.45, 7) is 0.953. The van der Waals surface area contributed by atoms with E-state index < -0.39 is 17.5 Å². The molecule has 0 atom stereocenters. The standard InChI is InChI=1S/C17H17BrF2N2O2/c1-22(8-9-24-14-5-2-12(18)3-6-14)11-17(23)21-16-10-13(19)4-7-15(16)20/h2-7,10H,8-9,11H2,1H3,(H,21,23). The molecule has 0 aromatic heterocycles. The van der Waals surface area contributed by atoms with Gasteiger partial charge in [-0.2, -0.15) is 0 Å². The summed E-state index contributed by atoms with van der Waals surface area (Å²) < 4.78 is 33.1. The van der Waals surface area contributed by atoms with Gasteiger partial charge in [-0.05, 0) is 43.4 Å². The number of anilines is 1. The Morgan fingerprint density at radius 1 is 1.21 bits per heavy atom. The van der Waals surface area contributed by atoms with Crippen LogP contribution in [0.25, 0.3) is 0 Å². The maximum atomic E-state index is 13.5. The quantitative estimate of drug-likeness (QED) is 0.773. The Kier molecular flexibility index (Phi) is 6.69. The maximum Gasteiger partial charge on any atom is 0.238 e. The fourth-order valence-electron chi connectivity index (χ4n) is 1.96. The van der Waals surface area contributed by atoms with Gasteiger partial charge in [0.05, 0.1) is 12.2 Å². The van der Waals surface area contributed by atoms with Crippen molar-refractivity contribution in [1.82, 2.24) is 4.90 Å². The van der Waals surface area contributed by atoms with Gasteiger partial charge in [-0.25, -0.2) is 8.78 Å². The molecule has 0 unspecified atom stereocenters. The minimum atomic E-state index is -0.675. The fraction of sp³-hybridized carbons (Fsp3) is 0.235. The van der Waals surface area contributed by atoms with E-state index in [4.69, 9.17) is 4.74 Å². The lowest BCUT2D eigenvalue weighted by Gasteiger charge is -2.17. The Morgan fingerprint density at radius 3 is 2.62 bits per heavy atom. The van der Waals surface area contributed by atoms with E-state index in [-0.39, 0.29) is 12.2 Å². The molecule has 0 fully saturated rings. The molecule has 0 saturated heterocycles.